The van der Waals surface area contributed by atoms with Crippen LogP contribution < -0.4 is 5.32 Å². The van der Waals surface area contributed by atoms with Crippen molar-refractivity contribution >= 4 is 23.2 Å². The summed E-state index contributed by atoms with van der Waals surface area (Å²) in [6, 6.07) is 9.51. The Morgan fingerprint density at radius 3 is 2.64 bits per heavy atom. The molecule has 0 spiro atoms. The van der Waals surface area contributed by atoms with E-state index in [1.54, 1.807) is 11.3 Å². The lowest BCUT2D eigenvalue weighted by molar-refractivity contribution is 0.0792. The quantitative estimate of drug-likeness (QED) is 0.886. The molecule has 0 radical (unpaired) electrons. The molecule has 0 atom stereocenters. The summed E-state index contributed by atoms with van der Waals surface area (Å²) >= 11 is 1.55. The molecule has 0 bridgehead atoms. The van der Waals surface area contributed by atoms with Crippen LogP contribution >= 0.6 is 11.3 Å². The maximum Gasteiger partial charge on any atom is 0.261 e. The number of hydrogen-bond acceptors (Lipinski definition) is 3. The van der Waals surface area contributed by atoms with Gasteiger partial charge in [-0.05, 0) is 55.5 Å². The average molecular weight is 356 g/mol. The molecule has 1 saturated heterocycles. The number of amides is 2. The summed E-state index contributed by atoms with van der Waals surface area (Å²) < 4.78 is 0. The molecule has 2 amide bonds. The van der Waals surface area contributed by atoms with Gasteiger partial charge in [-0.25, -0.2) is 0 Å². The second kappa shape index (κ2) is 7.83. The van der Waals surface area contributed by atoms with Gasteiger partial charge in [0, 0.05) is 30.1 Å². The number of carbonyl (C=O) groups is 2. The van der Waals surface area contributed by atoms with Gasteiger partial charge in [0.2, 0.25) is 0 Å². The standard InChI is InChI=1S/C20H24N2O2S/c1-3-17-14(2)11-18(25-17)19(23)21-13-15-7-6-8-16(12-15)20(24)22-9-4-5-10-22/h6-8,11-12H,3-5,9-10,13H2,1-2H3,(H,21,23). The average Bonchev–Trinajstić information content (AvgIpc) is 3.29. The van der Waals surface area contributed by atoms with Gasteiger partial charge in [0.05, 0.1) is 4.88 Å². The molecular formula is C20H24N2O2S. The van der Waals surface area contributed by atoms with E-state index in [1.807, 2.05) is 42.2 Å². The molecule has 3 rings (SSSR count). The topological polar surface area (TPSA) is 49.4 Å². The van der Waals surface area contributed by atoms with Crippen molar-refractivity contribution < 1.29 is 9.59 Å². The van der Waals surface area contributed by atoms with Crippen molar-refractivity contribution in [1.82, 2.24) is 10.2 Å². The number of nitrogens with one attached hydrogen (secondary N) is 1. The zero-order valence-electron chi connectivity index (χ0n) is 14.8. The minimum Gasteiger partial charge on any atom is -0.347 e. The largest absolute Gasteiger partial charge is 0.347 e. The van der Waals surface area contributed by atoms with Crippen molar-refractivity contribution in [3.63, 3.8) is 0 Å². The lowest BCUT2D eigenvalue weighted by Crippen LogP contribution is -2.28. The van der Waals surface area contributed by atoms with Gasteiger partial charge in [0.15, 0.2) is 0 Å². The van der Waals surface area contributed by atoms with Crippen LogP contribution in [0.3, 0.4) is 0 Å². The molecular weight excluding hydrogens is 332 g/mol. The van der Waals surface area contributed by atoms with Crippen molar-refractivity contribution in [2.45, 2.75) is 39.7 Å². The van der Waals surface area contributed by atoms with Gasteiger partial charge in [-0.1, -0.05) is 19.1 Å². The lowest BCUT2D eigenvalue weighted by atomic mass is 10.1. The third-order valence-corrected chi connectivity index (χ3v) is 5.97. The van der Waals surface area contributed by atoms with E-state index in [0.29, 0.717) is 12.1 Å². The Morgan fingerprint density at radius 2 is 1.96 bits per heavy atom. The Labute approximate surface area is 152 Å². The van der Waals surface area contributed by atoms with Crippen molar-refractivity contribution in [1.29, 1.82) is 0 Å². The highest BCUT2D eigenvalue weighted by Gasteiger charge is 2.19. The number of carbonyl (C=O) groups excluding carboxylic acids is 2. The Kier molecular flexibility index (Phi) is 5.53. The number of aryl methyl sites for hydroxylation is 2. The first-order valence-electron chi connectivity index (χ1n) is 8.84. The zero-order chi connectivity index (χ0) is 17.8. The van der Waals surface area contributed by atoms with Crippen LogP contribution in [0.25, 0.3) is 0 Å². The second-order valence-electron chi connectivity index (χ2n) is 6.45. The molecule has 2 heterocycles. The Bertz CT molecular complexity index is 776. The molecule has 0 saturated carbocycles. The molecule has 1 N–H and O–H groups in total. The predicted molar refractivity (Wildman–Crippen MR) is 101 cm³/mol. The lowest BCUT2D eigenvalue weighted by Gasteiger charge is -2.15. The van der Waals surface area contributed by atoms with Crippen LogP contribution in [0.4, 0.5) is 0 Å². The molecule has 2 aromatic rings. The third kappa shape index (κ3) is 4.10. The van der Waals surface area contributed by atoms with Crippen LogP contribution in [0, 0.1) is 6.92 Å². The maximum absolute atomic E-state index is 12.5. The van der Waals surface area contributed by atoms with E-state index in [4.69, 9.17) is 0 Å². The van der Waals surface area contributed by atoms with E-state index in [2.05, 4.69) is 12.2 Å². The van der Waals surface area contributed by atoms with E-state index < -0.39 is 0 Å². The molecule has 1 aromatic carbocycles. The van der Waals surface area contributed by atoms with E-state index in [-0.39, 0.29) is 11.8 Å². The predicted octanol–water partition coefficient (Wildman–Crippen LogP) is 3.78. The monoisotopic (exact) mass is 356 g/mol. The minimum absolute atomic E-state index is 0.0518. The smallest absolute Gasteiger partial charge is 0.261 e. The first-order chi connectivity index (χ1) is 12.1. The van der Waals surface area contributed by atoms with Gasteiger partial charge >= 0.3 is 0 Å². The number of hydrogen-bond donors (Lipinski definition) is 1. The fraction of sp³-hybridized carbons (Fsp3) is 0.400. The summed E-state index contributed by atoms with van der Waals surface area (Å²) in [7, 11) is 0. The van der Waals surface area contributed by atoms with Crippen LogP contribution in [0.5, 0.6) is 0 Å². The summed E-state index contributed by atoms with van der Waals surface area (Å²) in [6.07, 6.45) is 3.12. The van der Waals surface area contributed by atoms with Crippen LogP contribution in [-0.2, 0) is 13.0 Å². The third-order valence-electron chi connectivity index (χ3n) is 4.59. The summed E-state index contributed by atoms with van der Waals surface area (Å²) in [6.45, 7) is 6.26. The highest BCUT2D eigenvalue weighted by atomic mass is 32.1. The van der Waals surface area contributed by atoms with Gasteiger partial charge < -0.3 is 10.2 Å². The zero-order valence-corrected chi connectivity index (χ0v) is 15.6. The van der Waals surface area contributed by atoms with Crippen molar-refractivity contribution in [3.05, 3.63) is 56.8 Å². The molecule has 1 aromatic heterocycles. The number of benzene rings is 1. The summed E-state index contributed by atoms with van der Waals surface area (Å²) in [5, 5.41) is 2.96. The highest BCUT2D eigenvalue weighted by molar-refractivity contribution is 7.14. The molecule has 1 aliphatic rings. The van der Waals surface area contributed by atoms with Crippen molar-refractivity contribution in [3.8, 4) is 0 Å². The fourth-order valence-electron chi connectivity index (χ4n) is 3.17. The van der Waals surface area contributed by atoms with Gasteiger partial charge in [-0.3, -0.25) is 9.59 Å². The van der Waals surface area contributed by atoms with Crippen LogP contribution in [0.1, 0.15) is 55.8 Å². The van der Waals surface area contributed by atoms with Gasteiger partial charge in [-0.2, -0.15) is 0 Å². The molecule has 25 heavy (non-hydrogen) atoms. The normalized spacial score (nSPS) is 13.9. The van der Waals surface area contributed by atoms with E-state index >= 15 is 0 Å². The van der Waals surface area contributed by atoms with Crippen LogP contribution in [-0.4, -0.2) is 29.8 Å². The maximum atomic E-state index is 12.5. The first-order valence-corrected chi connectivity index (χ1v) is 9.66. The summed E-state index contributed by atoms with van der Waals surface area (Å²) in [5.74, 6) is 0.0382. The molecule has 0 aliphatic carbocycles. The van der Waals surface area contributed by atoms with Gasteiger partial charge in [-0.15, -0.1) is 11.3 Å². The van der Waals surface area contributed by atoms with Crippen LogP contribution in [0.2, 0.25) is 0 Å². The van der Waals surface area contributed by atoms with Gasteiger partial charge in [0.25, 0.3) is 11.8 Å². The number of thiophene rings is 1. The molecule has 1 aliphatic heterocycles. The summed E-state index contributed by atoms with van der Waals surface area (Å²) in [4.78, 5) is 28.7. The van der Waals surface area contributed by atoms with Crippen molar-refractivity contribution in [2.75, 3.05) is 13.1 Å². The Morgan fingerprint density at radius 1 is 1.20 bits per heavy atom. The van der Waals surface area contributed by atoms with E-state index in [0.717, 1.165) is 42.8 Å². The molecule has 132 valence electrons. The number of likely N-dealkylation sites (tertiary alicyclic amines) is 1. The number of rotatable bonds is 5. The minimum atomic E-state index is -0.0518. The second-order valence-corrected chi connectivity index (χ2v) is 7.59. The molecule has 4 nitrogen and oxygen atoms in total. The Balaban J connectivity index is 1.63. The SMILES string of the molecule is CCc1sc(C(=O)NCc2cccc(C(=O)N3CCCC3)c2)cc1C. The van der Waals surface area contributed by atoms with Crippen molar-refractivity contribution in [2.24, 2.45) is 0 Å². The molecule has 1 fully saturated rings. The van der Waals surface area contributed by atoms with Gasteiger partial charge in [0.1, 0.15) is 0 Å². The Hall–Kier alpha value is -2.14. The van der Waals surface area contributed by atoms with E-state index in [9.17, 15) is 9.59 Å². The van der Waals surface area contributed by atoms with Crippen LogP contribution in [0.15, 0.2) is 30.3 Å². The number of nitrogens with zero attached hydrogens (tertiary/aromatic N) is 1. The highest BCUT2D eigenvalue weighted by Crippen LogP contribution is 2.22. The van der Waals surface area contributed by atoms with E-state index in [1.165, 1.54) is 10.4 Å². The fourth-order valence-corrected chi connectivity index (χ4v) is 4.20. The first kappa shape index (κ1) is 17.7. The molecule has 0 unspecified atom stereocenters. The molecule has 5 heteroatoms. The summed E-state index contributed by atoms with van der Waals surface area (Å²) in [5.41, 5.74) is 2.83.